The van der Waals surface area contributed by atoms with Gasteiger partial charge in [0.05, 0.1) is 6.54 Å². The molecule has 26 heavy (non-hydrogen) atoms. The van der Waals surface area contributed by atoms with Crippen molar-refractivity contribution in [1.29, 1.82) is 0 Å². The molecule has 2 rings (SSSR count). The third-order valence-corrected chi connectivity index (χ3v) is 4.33. The maximum atomic E-state index is 12.6. The second-order valence-electron chi connectivity index (χ2n) is 6.51. The second kappa shape index (κ2) is 11.0. The molecule has 1 aliphatic rings. The lowest BCUT2D eigenvalue weighted by Gasteiger charge is -2.16. The molecule has 0 aliphatic carbocycles. The van der Waals surface area contributed by atoms with E-state index in [-0.39, 0.29) is 12.3 Å². The Morgan fingerprint density at radius 1 is 1.27 bits per heavy atom. The number of hydrogen-bond donors (Lipinski definition) is 2. The third kappa shape index (κ3) is 7.15. The third-order valence-electron chi connectivity index (χ3n) is 4.33. The molecule has 1 aromatic carbocycles. The SMILES string of the molecule is CCNC(=NCc1cc(C)ccc1OC(F)F)NCCCN1CCCC1. The van der Waals surface area contributed by atoms with E-state index in [0.29, 0.717) is 11.5 Å². The molecule has 7 heteroatoms. The minimum absolute atomic E-state index is 0.180. The van der Waals surface area contributed by atoms with Gasteiger partial charge in [-0.15, -0.1) is 0 Å². The normalized spacial score (nSPS) is 15.5. The van der Waals surface area contributed by atoms with E-state index in [4.69, 9.17) is 0 Å². The van der Waals surface area contributed by atoms with E-state index in [1.165, 1.54) is 25.9 Å². The summed E-state index contributed by atoms with van der Waals surface area (Å²) in [5, 5.41) is 6.51. The van der Waals surface area contributed by atoms with Crippen LogP contribution in [0, 0.1) is 6.92 Å². The number of alkyl halides is 2. The van der Waals surface area contributed by atoms with Gasteiger partial charge in [-0.1, -0.05) is 17.7 Å². The Balaban J connectivity index is 1.89. The summed E-state index contributed by atoms with van der Waals surface area (Å²) >= 11 is 0. The van der Waals surface area contributed by atoms with Crippen LogP contribution in [0.3, 0.4) is 0 Å². The van der Waals surface area contributed by atoms with Crippen molar-refractivity contribution in [3.63, 3.8) is 0 Å². The van der Waals surface area contributed by atoms with E-state index < -0.39 is 6.61 Å². The minimum Gasteiger partial charge on any atom is -0.434 e. The molecule has 1 saturated heterocycles. The number of halogens is 2. The van der Waals surface area contributed by atoms with Gasteiger partial charge in [0.1, 0.15) is 5.75 Å². The first-order valence-electron chi connectivity index (χ1n) is 9.37. The van der Waals surface area contributed by atoms with E-state index in [9.17, 15) is 8.78 Å². The molecule has 0 bridgehead atoms. The maximum absolute atomic E-state index is 12.6. The average molecular weight is 368 g/mol. The zero-order chi connectivity index (χ0) is 18.8. The second-order valence-corrected chi connectivity index (χ2v) is 6.51. The van der Waals surface area contributed by atoms with Crippen LogP contribution in [-0.4, -0.2) is 50.2 Å². The first-order chi connectivity index (χ1) is 12.6. The zero-order valence-corrected chi connectivity index (χ0v) is 15.7. The highest BCUT2D eigenvalue weighted by atomic mass is 19.3. The Hall–Kier alpha value is -1.89. The molecule has 0 atom stereocenters. The number of benzene rings is 1. The predicted molar refractivity (Wildman–Crippen MR) is 101 cm³/mol. The summed E-state index contributed by atoms with van der Waals surface area (Å²) in [4.78, 5) is 7.00. The quantitative estimate of drug-likeness (QED) is 0.399. The highest BCUT2D eigenvalue weighted by Crippen LogP contribution is 2.22. The summed E-state index contributed by atoms with van der Waals surface area (Å²) in [7, 11) is 0. The molecule has 5 nitrogen and oxygen atoms in total. The first-order valence-corrected chi connectivity index (χ1v) is 9.37. The van der Waals surface area contributed by atoms with E-state index >= 15 is 0 Å². The number of ether oxygens (including phenoxy) is 1. The van der Waals surface area contributed by atoms with Gasteiger partial charge in [0.2, 0.25) is 0 Å². The van der Waals surface area contributed by atoms with Gasteiger partial charge in [-0.05, 0) is 58.8 Å². The molecule has 1 aliphatic heterocycles. The smallest absolute Gasteiger partial charge is 0.387 e. The minimum atomic E-state index is -2.84. The summed E-state index contributed by atoms with van der Waals surface area (Å²) in [6.07, 6.45) is 3.66. The van der Waals surface area contributed by atoms with Gasteiger partial charge in [0.25, 0.3) is 0 Å². The monoisotopic (exact) mass is 368 g/mol. The fourth-order valence-corrected chi connectivity index (χ4v) is 3.06. The molecule has 0 spiro atoms. The van der Waals surface area contributed by atoms with Crippen molar-refractivity contribution >= 4 is 5.96 Å². The Kier molecular flexibility index (Phi) is 8.61. The molecule has 1 fully saturated rings. The highest BCUT2D eigenvalue weighted by Gasteiger charge is 2.11. The van der Waals surface area contributed by atoms with Crippen LogP contribution >= 0.6 is 0 Å². The van der Waals surface area contributed by atoms with E-state index in [0.717, 1.165) is 31.6 Å². The largest absolute Gasteiger partial charge is 0.434 e. The molecule has 2 N–H and O–H groups in total. The number of guanidine groups is 1. The van der Waals surface area contributed by atoms with Crippen LogP contribution in [0.4, 0.5) is 8.78 Å². The Morgan fingerprint density at radius 2 is 2.04 bits per heavy atom. The number of aliphatic imine (C=N–C) groups is 1. The Labute approximate surface area is 154 Å². The van der Waals surface area contributed by atoms with E-state index in [2.05, 4.69) is 25.3 Å². The number of nitrogens with one attached hydrogen (secondary N) is 2. The molecular formula is C19H30F2N4O. The van der Waals surface area contributed by atoms with Crippen LogP contribution in [0.25, 0.3) is 0 Å². The Bertz CT molecular complexity index is 575. The lowest BCUT2D eigenvalue weighted by atomic mass is 10.1. The van der Waals surface area contributed by atoms with Gasteiger partial charge in [-0.25, -0.2) is 4.99 Å². The average Bonchev–Trinajstić information content (AvgIpc) is 3.11. The number of rotatable bonds is 9. The van der Waals surface area contributed by atoms with Crippen molar-refractivity contribution in [3.05, 3.63) is 29.3 Å². The van der Waals surface area contributed by atoms with Crippen molar-refractivity contribution in [2.45, 2.75) is 46.3 Å². The van der Waals surface area contributed by atoms with Gasteiger partial charge in [0.15, 0.2) is 5.96 Å². The lowest BCUT2D eigenvalue weighted by Crippen LogP contribution is -2.38. The van der Waals surface area contributed by atoms with Crippen molar-refractivity contribution in [2.24, 2.45) is 4.99 Å². The van der Waals surface area contributed by atoms with Crippen LogP contribution < -0.4 is 15.4 Å². The lowest BCUT2D eigenvalue weighted by molar-refractivity contribution is -0.0504. The summed E-state index contributed by atoms with van der Waals surface area (Å²) in [6.45, 7) is 6.44. The van der Waals surface area contributed by atoms with Crippen LogP contribution in [0.1, 0.15) is 37.3 Å². The molecule has 0 unspecified atom stereocenters. The highest BCUT2D eigenvalue weighted by molar-refractivity contribution is 5.79. The fourth-order valence-electron chi connectivity index (χ4n) is 3.06. The van der Waals surface area contributed by atoms with Crippen molar-refractivity contribution in [1.82, 2.24) is 15.5 Å². The van der Waals surface area contributed by atoms with E-state index in [1.807, 2.05) is 19.9 Å². The summed E-state index contributed by atoms with van der Waals surface area (Å²) in [5.74, 6) is 0.873. The molecule has 0 amide bonds. The van der Waals surface area contributed by atoms with Crippen molar-refractivity contribution < 1.29 is 13.5 Å². The van der Waals surface area contributed by atoms with Crippen LogP contribution in [0.2, 0.25) is 0 Å². The zero-order valence-electron chi connectivity index (χ0n) is 15.7. The molecule has 0 aromatic heterocycles. The number of likely N-dealkylation sites (tertiary alicyclic amines) is 1. The molecule has 1 aromatic rings. The van der Waals surface area contributed by atoms with Crippen molar-refractivity contribution in [3.8, 4) is 5.75 Å². The van der Waals surface area contributed by atoms with Gasteiger partial charge >= 0.3 is 6.61 Å². The van der Waals surface area contributed by atoms with Crippen LogP contribution in [0.15, 0.2) is 23.2 Å². The van der Waals surface area contributed by atoms with Crippen LogP contribution in [0.5, 0.6) is 5.75 Å². The first kappa shape index (κ1) is 20.4. The summed E-state index contributed by atoms with van der Waals surface area (Å²) in [5.41, 5.74) is 1.64. The van der Waals surface area contributed by atoms with Crippen molar-refractivity contribution in [2.75, 3.05) is 32.7 Å². The number of nitrogens with zero attached hydrogens (tertiary/aromatic N) is 2. The van der Waals surface area contributed by atoms with Gasteiger partial charge in [-0.3, -0.25) is 0 Å². The molecule has 0 saturated carbocycles. The predicted octanol–water partition coefficient (Wildman–Crippen LogP) is 3.14. The summed E-state index contributed by atoms with van der Waals surface area (Å²) in [6, 6.07) is 5.16. The fraction of sp³-hybridized carbons (Fsp3) is 0.632. The standard InChI is InChI=1S/C19H30F2N4O/c1-3-22-19(23-9-6-12-25-10-4-5-11-25)24-14-16-13-15(2)7-8-17(16)26-18(20)21/h7-8,13,18H,3-6,9-12,14H2,1-2H3,(H2,22,23,24). The molecule has 0 radical (unpaired) electrons. The van der Waals surface area contributed by atoms with E-state index in [1.54, 1.807) is 12.1 Å². The molecular weight excluding hydrogens is 338 g/mol. The molecule has 1 heterocycles. The van der Waals surface area contributed by atoms with Crippen LogP contribution in [-0.2, 0) is 6.54 Å². The van der Waals surface area contributed by atoms with Gasteiger partial charge < -0.3 is 20.3 Å². The topological polar surface area (TPSA) is 48.9 Å². The summed E-state index contributed by atoms with van der Waals surface area (Å²) < 4.78 is 29.7. The number of hydrogen-bond acceptors (Lipinski definition) is 3. The maximum Gasteiger partial charge on any atom is 0.387 e. The Morgan fingerprint density at radius 3 is 2.73 bits per heavy atom. The van der Waals surface area contributed by atoms with Gasteiger partial charge in [-0.2, -0.15) is 8.78 Å². The van der Waals surface area contributed by atoms with Gasteiger partial charge in [0, 0.05) is 18.7 Å². The molecule has 146 valence electrons. The number of aryl methyl sites for hydroxylation is 1.